The lowest BCUT2D eigenvalue weighted by molar-refractivity contribution is -0.140. The Morgan fingerprint density at radius 3 is 2.58 bits per heavy atom. The fourth-order valence-corrected chi connectivity index (χ4v) is 5.34. The minimum atomic E-state index is -3.97. The Kier molecular flexibility index (Phi) is 9.15. The molecular weight excluding hydrogens is 455 g/mol. The van der Waals surface area contributed by atoms with Gasteiger partial charge in [-0.25, -0.2) is 12.8 Å². The highest BCUT2D eigenvalue weighted by atomic mass is 32.2. The zero-order valence-corrected chi connectivity index (χ0v) is 19.5. The van der Waals surface area contributed by atoms with Crippen LogP contribution in [0.25, 0.3) is 0 Å². The summed E-state index contributed by atoms with van der Waals surface area (Å²) in [6.45, 7) is 6.08. The van der Waals surface area contributed by atoms with Crippen molar-refractivity contribution in [2.24, 2.45) is 0 Å². The van der Waals surface area contributed by atoms with Crippen molar-refractivity contribution in [3.05, 3.63) is 29.6 Å². The van der Waals surface area contributed by atoms with Crippen LogP contribution in [0.5, 0.6) is 0 Å². The van der Waals surface area contributed by atoms with Gasteiger partial charge in [-0.2, -0.15) is 4.31 Å². The molecule has 0 spiro atoms. The first-order valence-corrected chi connectivity index (χ1v) is 12.5. The number of nitrogens with zero attached hydrogens (tertiary/aromatic N) is 2. The molecule has 1 aromatic carbocycles. The van der Waals surface area contributed by atoms with Gasteiger partial charge in [0.05, 0.1) is 31.3 Å². The second-order valence-electron chi connectivity index (χ2n) is 7.98. The monoisotopic (exact) mass is 486 g/mol. The van der Waals surface area contributed by atoms with Crippen LogP contribution in [-0.4, -0.2) is 94.8 Å². The number of sulfonamides is 1. The van der Waals surface area contributed by atoms with Crippen LogP contribution in [0.15, 0.2) is 23.1 Å². The summed E-state index contributed by atoms with van der Waals surface area (Å²) >= 11 is 0. The second-order valence-corrected chi connectivity index (χ2v) is 9.87. The summed E-state index contributed by atoms with van der Waals surface area (Å²) < 4.78 is 51.7. The van der Waals surface area contributed by atoms with Crippen molar-refractivity contribution < 1.29 is 31.9 Å². The fourth-order valence-electron chi connectivity index (χ4n) is 3.69. The van der Waals surface area contributed by atoms with E-state index in [9.17, 15) is 22.4 Å². The molecule has 12 heteroatoms. The second kappa shape index (κ2) is 11.8. The van der Waals surface area contributed by atoms with Crippen molar-refractivity contribution in [1.29, 1.82) is 0 Å². The Hall–Kier alpha value is -2.12. The third-order valence-corrected chi connectivity index (χ3v) is 7.46. The normalized spacial score (nSPS) is 20.4. The number of aryl methyl sites for hydroxylation is 1. The number of hydrogen-bond donors (Lipinski definition) is 2. The van der Waals surface area contributed by atoms with E-state index in [2.05, 4.69) is 15.5 Å². The summed E-state index contributed by atoms with van der Waals surface area (Å²) in [5.41, 5.74) is 0.212. The van der Waals surface area contributed by atoms with Crippen LogP contribution in [0.1, 0.15) is 18.4 Å². The number of carbonyl (C=O) groups is 2. The van der Waals surface area contributed by atoms with Crippen LogP contribution in [0.4, 0.5) is 4.39 Å². The molecule has 2 aliphatic rings. The number of halogens is 1. The first-order chi connectivity index (χ1) is 15.8. The quantitative estimate of drug-likeness (QED) is 0.387. The molecule has 0 unspecified atom stereocenters. The van der Waals surface area contributed by atoms with E-state index in [1.807, 2.05) is 0 Å². The zero-order chi connectivity index (χ0) is 23.8. The molecular formula is C21H31FN4O6S. The molecule has 33 heavy (non-hydrogen) atoms. The van der Waals surface area contributed by atoms with Crippen molar-refractivity contribution in [1.82, 2.24) is 19.8 Å². The van der Waals surface area contributed by atoms with Gasteiger partial charge in [-0.3, -0.25) is 14.5 Å². The Morgan fingerprint density at radius 1 is 1.12 bits per heavy atom. The molecule has 2 heterocycles. The summed E-state index contributed by atoms with van der Waals surface area (Å²) in [6.07, 6.45) is 0.216. The molecule has 3 rings (SSSR count). The molecule has 10 nitrogen and oxygen atoms in total. The molecule has 184 valence electrons. The van der Waals surface area contributed by atoms with E-state index < -0.39 is 33.9 Å². The first-order valence-electron chi connectivity index (χ1n) is 11.0. The largest absolute Gasteiger partial charge is 0.379 e. The number of nitrogens with one attached hydrogen (secondary N) is 2. The standard InChI is InChI=1S/C21H31FN4O6S/c1-16-14-17(4-5-18(16)22)33(29,30)26-8-3-11-32-19(26)15-24-21(28)20(27)23-6-2-7-25-9-12-31-13-10-25/h4-5,14,19H,2-3,6-13,15H2,1H3,(H,23,27)(H,24,28)/t19-/m1/s1. The van der Waals surface area contributed by atoms with Crippen LogP contribution in [0, 0.1) is 12.7 Å². The first kappa shape index (κ1) is 25.5. The number of amides is 2. The number of benzene rings is 1. The van der Waals surface area contributed by atoms with Crippen LogP contribution in [-0.2, 0) is 29.1 Å². The molecule has 1 atom stereocenters. The van der Waals surface area contributed by atoms with E-state index in [0.717, 1.165) is 30.0 Å². The van der Waals surface area contributed by atoms with Crippen LogP contribution >= 0.6 is 0 Å². The topological polar surface area (TPSA) is 117 Å². The van der Waals surface area contributed by atoms with E-state index >= 15 is 0 Å². The maximum absolute atomic E-state index is 13.6. The van der Waals surface area contributed by atoms with Gasteiger partial charge >= 0.3 is 11.8 Å². The molecule has 2 N–H and O–H groups in total. The van der Waals surface area contributed by atoms with E-state index in [-0.39, 0.29) is 23.5 Å². The predicted octanol–water partition coefficient (Wildman–Crippen LogP) is -0.174. The maximum Gasteiger partial charge on any atom is 0.309 e. The zero-order valence-electron chi connectivity index (χ0n) is 18.7. The lowest BCUT2D eigenvalue weighted by atomic mass is 10.2. The molecule has 0 radical (unpaired) electrons. The summed E-state index contributed by atoms with van der Waals surface area (Å²) in [7, 11) is -3.97. The van der Waals surface area contributed by atoms with E-state index in [0.29, 0.717) is 39.2 Å². The van der Waals surface area contributed by atoms with Gasteiger partial charge in [0.25, 0.3) is 0 Å². The molecule has 0 saturated carbocycles. The molecule has 0 bridgehead atoms. The number of rotatable bonds is 8. The van der Waals surface area contributed by atoms with Gasteiger partial charge in [-0.15, -0.1) is 0 Å². The fraction of sp³-hybridized carbons (Fsp3) is 0.619. The summed E-state index contributed by atoms with van der Waals surface area (Å²) in [6, 6.07) is 3.57. The van der Waals surface area contributed by atoms with Crippen molar-refractivity contribution >= 4 is 21.8 Å². The van der Waals surface area contributed by atoms with Crippen LogP contribution in [0.3, 0.4) is 0 Å². The number of ether oxygens (including phenoxy) is 2. The predicted molar refractivity (Wildman–Crippen MR) is 117 cm³/mol. The van der Waals surface area contributed by atoms with Gasteiger partial charge in [-0.1, -0.05) is 0 Å². The van der Waals surface area contributed by atoms with Crippen molar-refractivity contribution in [2.45, 2.75) is 30.9 Å². The molecule has 0 aromatic heterocycles. The molecule has 1 aromatic rings. The Morgan fingerprint density at radius 2 is 1.85 bits per heavy atom. The molecule has 2 aliphatic heterocycles. The van der Waals surface area contributed by atoms with Gasteiger partial charge < -0.3 is 20.1 Å². The molecule has 2 fully saturated rings. The van der Waals surface area contributed by atoms with E-state index in [1.54, 1.807) is 0 Å². The molecule has 2 amide bonds. The number of carbonyl (C=O) groups excluding carboxylic acids is 2. The molecule has 0 aliphatic carbocycles. The minimum absolute atomic E-state index is 0.0544. The third kappa shape index (κ3) is 6.93. The van der Waals surface area contributed by atoms with Crippen molar-refractivity contribution in [3.8, 4) is 0 Å². The lowest BCUT2D eigenvalue weighted by Gasteiger charge is -2.34. The highest BCUT2D eigenvalue weighted by Crippen LogP contribution is 2.23. The van der Waals surface area contributed by atoms with Gasteiger partial charge in [0.15, 0.2) is 0 Å². The molecule has 2 saturated heterocycles. The Balaban J connectivity index is 1.49. The number of morpholine rings is 1. The van der Waals surface area contributed by atoms with Crippen LogP contribution in [0.2, 0.25) is 0 Å². The summed E-state index contributed by atoms with van der Waals surface area (Å²) in [4.78, 5) is 26.4. The van der Waals surface area contributed by atoms with Crippen molar-refractivity contribution in [3.63, 3.8) is 0 Å². The van der Waals surface area contributed by atoms with E-state index in [4.69, 9.17) is 9.47 Å². The van der Waals surface area contributed by atoms with Gasteiger partial charge in [0, 0.05) is 26.2 Å². The third-order valence-electron chi connectivity index (χ3n) is 5.57. The Labute approximate surface area is 193 Å². The van der Waals surface area contributed by atoms with Gasteiger partial charge in [-0.05, 0) is 50.1 Å². The van der Waals surface area contributed by atoms with Crippen LogP contribution < -0.4 is 10.6 Å². The van der Waals surface area contributed by atoms with E-state index in [1.165, 1.54) is 19.1 Å². The highest BCUT2D eigenvalue weighted by molar-refractivity contribution is 7.89. The average Bonchev–Trinajstić information content (AvgIpc) is 2.82. The summed E-state index contributed by atoms with van der Waals surface area (Å²) in [5, 5.41) is 5.02. The minimum Gasteiger partial charge on any atom is -0.379 e. The maximum atomic E-state index is 13.6. The Bertz CT molecular complexity index is 939. The van der Waals surface area contributed by atoms with Crippen molar-refractivity contribution in [2.75, 3.05) is 59.1 Å². The lowest BCUT2D eigenvalue weighted by Crippen LogP contribution is -2.53. The van der Waals surface area contributed by atoms with Gasteiger partial charge in [0.2, 0.25) is 10.0 Å². The SMILES string of the molecule is Cc1cc(S(=O)(=O)N2CCCO[C@@H]2CNC(=O)C(=O)NCCCN2CCOCC2)ccc1F. The summed E-state index contributed by atoms with van der Waals surface area (Å²) in [5.74, 6) is -2.13. The van der Waals surface area contributed by atoms with Gasteiger partial charge in [0.1, 0.15) is 12.0 Å². The smallest absolute Gasteiger partial charge is 0.309 e. The number of hydrogen-bond acceptors (Lipinski definition) is 7. The average molecular weight is 487 g/mol. The highest BCUT2D eigenvalue weighted by Gasteiger charge is 2.35.